The van der Waals surface area contributed by atoms with E-state index in [0.29, 0.717) is 5.92 Å². The van der Waals surface area contributed by atoms with Gasteiger partial charge in [0.05, 0.1) is 0 Å². The second-order valence-electron chi connectivity index (χ2n) is 6.41. The Morgan fingerprint density at radius 1 is 1.25 bits per heavy atom. The van der Waals surface area contributed by atoms with Gasteiger partial charge in [0.1, 0.15) is 5.38 Å². The summed E-state index contributed by atoms with van der Waals surface area (Å²) in [6, 6.07) is 9.80. The maximum atomic E-state index is 12.3. The fraction of sp³-hybridized carbons (Fsp3) is 0.588. The molecule has 0 spiro atoms. The van der Waals surface area contributed by atoms with Crippen LogP contribution in [0.2, 0.25) is 0 Å². The van der Waals surface area contributed by atoms with Gasteiger partial charge in [-0.25, -0.2) is 0 Å². The van der Waals surface area contributed by atoms with Gasteiger partial charge in [-0.15, -0.1) is 11.6 Å². The predicted molar refractivity (Wildman–Crippen MR) is 81.6 cm³/mol. The van der Waals surface area contributed by atoms with Gasteiger partial charge in [-0.3, -0.25) is 4.79 Å². The first kappa shape index (κ1) is 13.9. The Morgan fingerprint density at radius 3 is 2.60 bits per heavy atom. The van der Waals surface area contributed by atoms with E-state index in [9.17, 15) is 4.79 Å². The van der Waals surface area contributed by atoms with Crippen LogP contribution in [0.3, 0.4) is 0 Å². The number of rotatable bonds is 4. The minimum atomic E-state index is -0.586. The molecule has 20 heavy (non-hydrogen) atoms. The van der Waals surface area contributed by atoms with Crippen molar-refractivity contribution in [3.63, 3.8) is 0 Å². The summed E-state index contributed by atoms with van der Waals surface area (Å²) in [4.78, 5) is 12.3. The van der Waals surface area contributed by atoms with Gasteiger partial charge in [-0.05, 0) is 49.5 Å². The maximum Gasteiger partial charge on any atom is 0.242 e. The normalized spacial score (nSPS) is 31.0. The van der Waals surface area contributed by atoms with Crippen LogP contribution in [0.15, 0.2) is 30.3 Å². The summed E-state index contributed by atoms with van der Waals surface area (Å²) in [5.41, 5.74) is 0.867. The lowest BCUT2D eigenvalue weighted by Gasteiger charge is -2.29. The van der Waals surface area contributed by atoms with E-state index in [1.807, 2.05) is 30.3 Å². The van der Waals surface area contributed by atoms with Gasteiger partial charge in [0, 0.05) is 6.04 Å². The Balaban J connectivity index is 1.58. The van der Waals surface area contributed by atoms with E-state index in [0.717, 1.165) is 17.4 Å². The fourth-order valence-corrected chi connectivity index (χ4v) is 4.29. The standard InChI is InChI=1S/C17H22ClNO/c1-11(15-10-12-7-8-14(15)9-12)19-17(20)16(18)13-5-3-2-4-6-13/h2-6,11-12,14-16H,7-10H2,1H3,(H,19,20). The highest BCUT2D eigenvalue weighted by molar-refractivity contribution is 6.30. The molecule has 0 heterocycles. The zero-order chi connectivity index (χ0) is 14.1. The molecule has 3 heteroatoms. The average Bonchev–Trinajstić information content (AvgIpc) is 3.10. The lowest BCUT2D eigenvalue weighted by Crippen LogP contribution is -2.41. The largest absolute Gasteiger partial charge is 0.352 e. The quantitative estimate of drug-likeness (QED) is 0.837. The Labute approximate surface area is 125 Å². The van der Waals surface area contributed by atoms with Gasteiger partial charge in [-0.2, -0.15) is 0 Å². The van der Waals surface area contributed by atoms with Gasteiger partial charge >= 0.3 is 0 Å². The van der Waals surface area contributed by atoms with E-state index in [4.69, 9.17) is 11.6 Å². The molecule has 3 rings (SSSR count). The van der Waals surface area contributed by atoms with E-state index in [2.05, 4.69) is 12.2 Å². The molecule has 0 radical (unpaired) electrons. The first-order valence-corrected chi connectivity index (χ1v) is 8.08. The minimum Gasteiger partial charge on any atom is -0.352 e. The van der Waals surface area contributed by atoms with Crippen molar-refractivity contribution in [2.75, 3.05) is 0 Å². The van der Waals surface area contributed by atoms with Crippen molar-refractivity contribution in [2.45, 2.75) is 44.0 Å². The Bertz CT molecular complexity index is 475. The van der Waals surface area contributed by atoms with Crippen LogP contribution in [-0.4, -0.2) is 11.9 Å². The third-order valence-corrected chi connectivity index (χ3v) is 5.58. The Kier molecular flexibility index (Phi) is 4.02. The van der Waals surface area contributed by atoms with Crippen LogP contribution in [0.25, 0.3) is 0 Å². The molecule has 0 saturated heterocycles. The average molecular weight is 292 g/mol. The van der Waals surface area contributed by atoms with E-state index >= 15 is 0 Å². The van der Waals surface area contributed by atoms with Crippen LogP contribution in [0.5, 0.6) is 0 Å². The van der Waals surface area contributed by atoms with Crippen LogP contribution in [0, 0.1) is 17.8 Å². The number of hydrogen-bond donors (Lipinski definition) is 1. The molecule has 0 aromatic heterocycles. The molecule has 1 aromatic carbocycles. The van der Waals surface area contributed by atoms with Crippen molar-refractivity contribution in [2.24, 2.45) is 17.8 Å². The minimum absolute atomic E-state index is 0.0619. The molecule has 5 atom stereocenters. The zero-order valence-electron chi connectivity index (χ0n) is 11.9. The van der Waals surface area contributed by atoms with Crippen molar-refractivity contribution in [1.29, 1.82) is 0 Å². The molecule has 5 unspecified atom stereocenters. The fourth-order valence-electron chi connectivity index (χ4n) is 4.08. The molecule has 2 bridgehead atoms. The Hall–Kier alpha value is -1.02. The first-order chi connectivity index (χ1) is 9.65. The van der Waals surface area contributed by atoms with E-state index in [1.54, 1.807) is 0 Å². The van der Waals surface area contributed by atoms with Crippen LogP contribution in [-0.2, 0) is 4.79 Å². The molecule has 2 saturated carbocycles. The molecule has 1 N–H and O–H groups in total. The van der Waals surface area contributed by atoms with E-state index in [1.165, 1.54) is 25.7 Å². The highest BCUT2D eigenvalue weighted by Crippen LogP contribution is 2.49. The molecule has 108 valence electrons. The number of amides is 1. The summed E-state index contributed by atoms with van der Waals surface area (Å²) in [7, 11) is 0. The Morgan fingerprint density at radius 2 is 2.00 bits per heavy atom. The number of halogens is 1. The van der Waals surface area contributed by atoms with Gasteiger partial charge in [0.25, 0.3) is 0 Å². The monoisotopic (exact) mass is 291 g/mol. The van der Waals surface area contributed by atoms with Crippen LogP contribution in [0.1, 0.15) is 43.5 Å². The first-order valence-electron chi connectivity index (χ1n) is 7.64. The molecule has 2 fully saturated rings. The van der Waals surface area contributed by atoms with Crippen molar-refractivity contribution in [3.05, 3.63) is 35.9 Å². The summed E-state index contributed by atoms with van der Waals surface area (Å²) < 4.78 is 0. The number of nitrogens with one attached hydrogen (secondary N) is 1. The molecule has 0 aliphatic heterocycles. The molecule has 1 amide bonds. The summed E-state index contributed by atoms with van der Waals surface area (Å²) in [5, 5.41) is 2.55. The molecule has 2 nitrogen and oxygen atoms in total. The number of carbonyl (C=O) groups excluding carboxylic acids is 1. The molecule has 1 aromatic rings. The second kappa shape index (κ2) is 5.77. The number of hydrogen-bond acceptors (Lipinski definition) is 1. The maximum absolute atomic E-state index is 12.3. The highest BCUT2D eigenvalue weighted by Gasteiger charge is 2.42. The van der Waals surface area contributed by atoms with Crippen molar-refractivity contribution in [1.82, 2.24) is 5.32 Å². The van der Waals surface area contributed by atoms with Crippen molar-refractivity contribution in [3.8, 4) is 0 Å². The van der Waals surface area contributed by atoms with Crippen molar-refractivity contribution < 1.29 is 4.79 Å². The lowest BCUT2D eigenvalue weighted by atomic mass is 9.84. The predicted octanol–water partition coefficient (Wildman–Crippen LogP) is 3.91. The summed E-state index contributed by atoms with van der Waals surface area (Å²) in [6.07, 6.45) is 5.39. The number of alkyl halides is 1. The molecular formula is C17H22ClNO. The van der Waals surface area contributed by atoms with Gasteiger partial charge in [-0.1, -0.05) is 36.8 Å². The van der Waals surface area contributed by atoms with E-state index < -0.39 is 5.38 Å². The third kappa shape index (κ3) is 2.71. The summed E-state index contributed by atoms with van der Waals surface area (Å²) in [6.45, 7) is 2.14. The topological polar surface area (TPSA) is 29.1 Å². The van der Waals surface area contributed by atoms with E-state index in [-0.39, 0.29) is 11.9 Å². The van der Waals surface area contributed by atoms with Crippen molar-refractivity contribution >= 4 is 17.5 Å². The zero-order valence-corrected chi connectivity index (χ0v) is 12.6. The number of benzene rings is 1. The molecular weight excluding hydrogens is 270 g/mol. The lowest BCUT2D eigenvalue weighted by molar-refractivity contribution is -0.121. The van der Waals surface area contributed by atoms with Gasteiger partial charge in [0.15, 0.2) is 0 Å². The SMILES string of the molecule is CC(NC(=O)C(Cl)c1ccccc1)C1CC2CCC1C2. The van der Waals surface area contributed by atoms with Crippen LogP contribution < -0.4 is 5.32 Å². The number of fused-ring (bicyclic) bond motifs is 2. The van der Waals surface area contributed by atoms with Crippen LogP contribution >= 0.6 is 11.6 Å². The molecule has 2 aliphatic carbocycles. The van der Waals surface area contributed by atoms with Crippen LogP contribution in [0.4, 0.5) is 0 Å². The second-order valence-corrected chi connectivity index (χ2v) is 6.85. The van der Waals surface area contributed by atoms with Gasteiger partial charge < -0.3 is 5.32 Å². The highest BCUT2D eigenvalue weighted by atomic mass is 35.5. The number of carbonyl (C=O) groups is 1. The third-order valence-electron chi connectivity index (χ3n) is 5.13. The summed E-state index contributed by atoms with van der Waals surface area (Å²) in [5.74, 6) is 2.32. The molecule has 2 aliphatic rings. The summed E-state index contributed by atoms with van der Waals surface area (Å²) >= 11 is 6.27. The smallest absolute Gasteiger partial charge is 0.242 e. The van der Waals surface area contributed by atoms with Gasteiger partial charge in [0.2, 0.25) is 5.91 Å².